The summed E-state index contributed by atoms with van der Waals surface area (Å²) in [7, 11) is 0. The topological polar surface area (TPSA) is 38.8 Å². The highest BCUT2D eigenvalue weighted by Crippen LogP contribution is 2.18. The van der Waals surface area contributed by atoms with Crippen LogP contribution in [-0.4, -0.2) is 49.1 Å². The molecule has 0 N–H and O–H groups in total. The minimum Gasteiger partial charge on any atom is -0.494 e. The van der Waals surface area contributed by atoms with Crippen LogP contribution in [0.25, 0.3) is 0 Å². The van der Waals surface area contributed by atoms with Crippen molar-refractivity contribution in [3.8, 4) is 5.75 Å². The van der Waals surface area contributed by atoms with E-state index in [0.29, 0.717) is 24.7 Å². The van der Waals surface area contributed by atoms with Gasteiger partial charge in [0.05, 0.1) is 19.3 Å². The molecule has 5 heteroatoms. The third-order valence-electron chi connectivity index (χ3n) is 3.57. The maximum atomic E-state index is 12.4. The molecule has 1 aromatic rings. The first-order valence-electron chi connectivity index (χ1n) is 7.44. The Balaban J connectivity index is 1.86. The van der Waals surface area contributed by atoms with Gasteiger partial charge >= 0.3 is 0 Å². The van der Waals surface area contributed by atoms with E-state index in [1.165, 1.54) is 0 Å². The van der Waals surface area contributed by atoms with Gasteiger partial charge < -0.3 is 14.4 Å². The number of likely N-dealkylation sites (tertiary alicyclic amines) is 1. The fourth-order valence-electron chi connectivity index (χ4n) is 2.48. The molecule has 0 aromatic heterocycles. The Morgan fingerprint density at radius 2 is 1.95 bits per heavy atom. The van der Waals surface area contributed by atoms with E-state index in [0.717, 1.165) is 31.7 Å². The molecule has 21 heavy (non-hydrogen) atoms. The molecule has 1 saturated heterocycles. The van der Waals surface area contributed by atoms with Crippen molar-refractivity contribution in [2.75, 3.05) is 32.2 Å². The number of piperidine rings is 1. The number of rotatable bonds is 6. The number of nitrogens with zero attached hydrogens (tertiary/aromatic N) is 1. The number of carbonyl (C=O) groups is 1. The Kier molecular flexibility index (Phi) is 6.33. The molecule has 116 valence electrons. The van der Waals surface area contributed by atoms with E-state index in [4.69, 9.17) is 21.1 Å². The van der Waals surface area contributed by atoms with Crippen molar-refractivity contribution in [2.24, 2.45) is 0 Å². The molecule has 0 spiro atoms. The molecule has 0 bridgehead atoms. The van der Waals surface area contributed by atoms with Crippen molar-refractivity contribution in [1.82, 2.24) is 4.90 Å². The molecule has 0 aliphatic carbocycles. The molecule has 0 atom stereocenters. The van der Waals surface area contributed by atoms with Crippen LogP contribution in [0, 0.1) is 0 Å². The van der Waals surface area contributed by atoms with Crippen molar-refractivity contribution >= 4 is 17.5 Å². The van der Waals surface area contributed by atoms with Crippen molar-refractivity contribution < 1.29 is 14.3 Å². The number of carbonyl (C=O) groups excluding carboxylic acids is 1. The van der Waals surface area contributed by atoms with Gasteiger partial charge in [-0.15, -0.1) is 11.6 Å². The molecule has 0 unspecified atom stereocenters. The minimum atomic E-state index is 0.0776. The number of ether oxygens (including phenoxy) is 2. The highest BCUT2D eigenvalue weighted by molar-refractivity contribution is 6.17. The van der Waals surface area contributed by atoms with E-state index in [1.807, 2.05) is 36.1 Å². The van der Waals surface area contributed by atoms with Gasteiger partial charge in [0.25, 0.3) is 5.91 Å². The van der Waals surface area contributed by atoms with Gasteiger partial charge in [-0.25, -0.2) is 0 Å². The summed E-state index contributed by atoms with van der Waals surface area (Å²) in [5.41, 5.74) is 0.707. The van der Waals surface area contributed by atoms with Crippen LogP contribution in [0.2, 0.25) is 0 Å². The maximum Gasteiger partial charge on any atom is 0.253 e. The number of hydrogen-bond acceptors (Lipinski definition) is 3. The number of hydrogen-bond donors (Lipinski definition) is 0. The molecule has 1 aliphatic rings. The second-order valence-electron chi connectivity index (χ2n) is 5.01. The number of halogens is 1. The molecular weight excluding hydrogens is 290 g/mol. The van der Waals surface area contributed by atoms with Gasteiger partial charge in [-0.1, -0.05) is 0 Å². The van der Waals surface area contributed by atoms with Crippen LogP contribution in [0.15, 0.2) is 24.3 Å². The summed E-state index contributed by atoms with van der Waals surface area (Å²) in [6, 6.07) is 7.33. The standard InChI is InChI=1S/C16H22ClNO3/c1-2-20-14-5-3-13(4-6-14)16(19)18-10-7-15(8-11-18)21-12-9-17/h3-6,15H,2,7-12H2,1H3. The average Bonchev–Trinajstić information content (AvgIpc) is 2.54. The van der Waals surface area contributed by atoms with E-state index < -0.39 is 0 Å². The van der Waals surface area contributed by atoms with Crippen LogP contribution < -0.4 is 4.74 Å². The molecule has 1 aromatic carbocycles. The Hall–Kier alpha value is -1.26. The zero-order chi connectivity index (χ0) is 15.1. The first-order chi connectivity index (χ1) is 10.2. The molecular formula is C16H22ClNO3. The van der Waals surface area contributed by atoms with Gasteiger partial charge in [0.1, 0.15) is 5.75 Å². The summed E-state index contributed by atoms with van der Waals surface area (Å²) in [4.78, 5) is 14.3. The van der Waals surface area contributed by atoms with Gasteiger partial charge in [0.2, 0.25) is 0 Å². The summed E-state index contributed by atoms with van der Waals surface area (Å²) in [5.74, 6) is 1.39. The molecule has 4 nitrogen and oxygen atoms in total. The molecule has 1 amide bonds. The molecule has 1 fully saturated rings. The number of benzene rings is 1. The highest BCUT2D eigenvalue weighted by Gasteiger charge is 2.23. The van der Waals surface area contributed by atoms with E-state index in [9.17, 15) is 4.79 Å². The van der Waals surface area contributed by atoms with Crippen LogP contribution >= 0.6 is 11.6 Å². The zero-order valence-corrected chi connectivity index (χ0v) is 13.1. The second-order valence-corrected chi connectivity index (χ2v) is 5.39. The normalized spacial score (nSPS) is 16.0. The molecule has 1 aliphatic heterocycles. The predicted molar refractivity (Wildman–Crippen MR) is 83.2 cm³/mol. The molecule has 0 radical (unpaired) electrons. The van der Waals surface area contributed by atoms with Gasteiger partial charge in [0.15, 0.2) is 0 Å². The lowest BCUT2D eigenvalue weighted by atomic mass is 10.1. The first kappa shape index (κ1) is 16.1. The fourth-order valence-corrected chi connectivity index (χ4v) is 2.57. The van der Waals surface area contributed by atoms with Gasteiger partial charge in [-0.05, 0) is 44.0 Å². The Labute approximate surface area is 131 Å². The summed E-state index contributed by atoms with van der Waals surface area (Å²) >= 11 is 5.62. The van der Waals surface area contributed by atoms with Gasteiger partial charge in [0, 0.05) is 24.5 Å². The van der Waals surface area contributed by atoms with Crippen LogP contribution in [0.4, 0.5) is 0 Å². The number of alkyl halides is 1. The van der Waals surface area contributed by atoms with E-state index in [-0.39, 0.29) is 12.0 Å². The SMILES string of the molecule is CCOc1ccc(C(=O)N2CCC(OCCCl)CC2)cc1. The summed E-state index contributed by atoms with van der Waals surface area (Å²) < 4.78 is 11.0. The lowest BCUT2D eigenvalue weighted by molar-refractivity contribution is 0.0154. The van der Waals surface area contributed by atoms with E-state index in [2.05, 4.69) is 0 Å². The van der Waals surface area contributed by atoms with Gasteiger partial charge in [-0.2, -0.15) is 0 Å². The smallest absolute Gasteiger partial charge is 0.253 e. The lowest BCUT2D eigenvalue weighted by Crippen LogP contribution is -2.41. The van der Waals surface area contributed by atoms with Crippen molar-refractivity contribution in [3.05, 3.63) is 29.8 Å². The predicted octanol–water partition coefficient (Wildman–Crippen LogP) is 2.95. The van der Waals surface area contributed by atoms with Crippen molar-refractivity contribution in [3.63, 3.8) is 0 Å². The fraction of sp³-hybridized carbons (Fsp3) is 0.562. The highest BCUT2D eigenvalue weighted by atomic mass is 35.5. The van der Waals surface area contributed by atoms with Crippen molar-refractivity contribution in [2.45, 2.75) is 25.9 Å². The third kappa shape index (κ3) is 4.61. The maximum absolute atomic E-state index is 12.4. The molecule has 1 heterocycles. The van der Waals surface area contributed by atoms with Crippen molar-refractivity contribution in [1.29, 1.82) is 0 Å². The Morgan fingerprint density at radius 1 is 1.29 bits per heavy atom. The van der Waals surface area contributed by atoms with Crippen LogP contribution in [0.5, 0.6) is 5.75 Å². The van der Waals surface area contributed by atoms with Crippen LogP contribution in [-0.2, 0) is 4.74 Å². The summed E-state index contributed by atoms with van der Waals surface area (Å²) in [5, 5.41) is 0. The Bertz CT molecular complexity index is 441. The largest absolute Gasteiger partial charge is 0.494 e. The second kappa shape index (κ2) is 8.25. The molecule has 2 rings (SSSR count). The molecule has 0 saturated carbocycles. The summed E-state index contributed by atoms with van der Waals surface area (Å²) in [6.07, 6.45) is 1.98. The van der Waals surface area contributed by atoms with Crippen LogP contribution in [0.3, 0.4) is 0 Å². The summed E-state index contributed by atoms with van der Waals surface area (Å²) in [6.45, 7) is 4.62. The first-order valence-corrected chi connectivity index (χ1v) is 7.97. The van der Waals surface area contributed by atoms with E-state index >= 15 is 0 Å². The Morgan fingerprint density at radius 3 is 2.52 bits per heavy atom. The quantitative estimate of drug-likeness (QED) is 0.758. The average molecular weight is 312 g/mol. The third-order valence-corrected chi connectivity index (χ3v) is 3.73. The zero-order valence-electron chi connectivity index (χ0n) is 12.4. The monoisotopic (exact) mass is 311 g/mol. The lowest BCUT2D eigenvalue weighted by Gasteiger charge is -2.32. The van der Waals surface area contributed by atoms with Crippen LogP contribution in [0.1, 0.15) is 30.1 Å². The minimum absolute atomic E-state index is 0.0776. The number of amides is 1. The van der Waals surface area contributed by atoms with E-state index in [1.54, 1.807) is 0 Å². The van der Waals surface area contributed by atoms with Gasteiger partial charge in [-0.3, -0.25) is 4.79 Å².